The van der Waals surface area contributed by atoms with Crippen molar-refractivity contribution in [3.8, 4) is 0 Å². The van der Waals surface area contributed by atoms with Crippen LogP contribution in [0.1, 0.15) is 0 Å². The Kier molecular flexibility index (Phi) is 2.83. The van der Waals surface area contributed by atoms with E-state index in [1.54, 1.807) is 5.48 Å². The lowest BCUT2D eigenvalue weighted by Crippen LogP contribution is -2.04. The molecule has 0 fully saturated rings. The van der Waals surface area contributed by atoms with Gasteiger partial charge in [0.2, 0.25) is 0 Å². The Morgan fingerprint density at radius 2 is 2.44 bits per heavy atom. The fourth-order valence-corrected chi connectivity index (χ4v) is 0.328. The summed E-state index contributed by atoms with van der Waals surface area (Å²) in [5.41, 5.74) is 1.16. The van der Waals surface area contributed by atoms with E-state index in [4.69, 9.17) is 5.21 Å². The van der Waals surface area contributed by atoms with Crippen molar-refractivity contribution in [2.45, 2.75) is 0 Å². The minimum Gasteiger partial charge on any atom is -0.385 e. The molecule has 5 nitrogen and oxygen atoms in total. The van der Waals surface area contributed by atoms with Gasteiger partial charge in [0, 0.05) is 0 Å². The normalized spacial score (nSPS) is 8.11. The molecule has 3 N–H and O–H groups in total. The summed E-state index contributed by atoms with van der Waals surface area (Å²) in [6.07, 6.45) is 1.07. The van der Waals surface area contributed by atoms with Crippen LogP contribution in [0.25, 0.3) is 0 Å². The monoisotopic (exact) mass is 152 g/mol. The lowest BCUT2D eigenvalue weighted by atomic mass is 10.6. The zero-order chi connectivity index (χ0) is 5.98. The second-order valence-electron chi connectivity index (χ2n) is 1.19. The van der Waals surface area contributed by atoms with Crippen LogP contribution in [0.3, 0.4) is 0 Å². The first kappa shape index (κ1) is 8.06. The van der Waals surface area contributed by atoms with Crippen molar-refractivity contribution in [3.63, 3.8) is 0 Å². The van der Waals surface area contributed by atoms with E-state index in [0.717, 1.165) is 6.26 Å². The minimum absolute atomic E-state index is 0. The molecule has 0 saturated heterocycles. The second-order valence-corrected chi connectivity index (χ2v) is 1.19. The summed E-state index contributed by atoms with van der Waals surface area (Å²) < 4.78 is 4.28. The molecule has 0 aromatic carbocycles. The molecule has 6 heteroatoms. The van der Waals surface area contributed by atoms with Crippen LogP contribution in [0.2, 0.25) is 0 Å². The highest BCUT2D eigenvalue weighted by Gasteiger charge is 1.95. The smallest absolute Gasteiger partial charge is 0.305 e. The highest BCUT2D eigenvalue weighted by Crippen LogP contribution is 1.91. The molecule has 52 valence electrons. The van der Waals surface area contributed by atoms with Crippen LogP contribution in [0.15, 0.2) is 15.6 Å². The molecule has 0 spiro atoms. The molecule has 0 saturated carbocycles. The molecule has 0 bridgehead atoms. The van der Waals surface area contributed by atoms with Gasteiger partial charge in [-0.05, 0) is 0 Å². The maximum atomic E-state index is 10.3. The molecule has 1 aromatic rings. The maximum absolute atomic E-state index is 10.3. The molecule has 1 heterocycles. The van der Waals surface area contributed by atoms with Gasteiger partial charge in [-0.15, -0.1) is 12.4 Å². The number of hydrogen-bond donors (Lipinski definition) is 3. The van der Waals surface area contributed by atoms with Crippen molar-refractivity contribution in [1.29, 1.82) is 0 Å². The first-order valence-corrected chi connectivity index (χ1v) is 1.91. The van der Waals surface area contributed by atoms with E-state index < -0.39 is 5.56 Å². The van der Waals surface area contributed by atoms with Gasteiger partial charge in [-0.3, -0.25) is 15.5 Å². The average Bonchev–Trinajstić information content (AvgIpc) is 2.14. The molecule has 0 aliphatic heterocycles. The third-order valence-electron chi connectivity index (χ3n) is 0.693. The molecule has 0 radical (unpaired) electrons. The van der Waals surface area contributed by atoms with E-state index in [1.807, 2.05) is 5.16 Å². The van der Waals surface area contributed by atoms with Gasteiger partial charge >= 0.3 is 5.56 Å². The highest BCUT2D eigenvalue weighted by atomic mass is 35.5. The van der Waals surface area contributed by atoms with Gasteiger partial charge in [-0.2, -0.15) is 5.16 Å². The number of aromatic amines is 1. The third kappa shape index (κ3) is 1.48. The van der Waals surface area contributed by atoms with Crippen molar-refractivity contribution in [3.05, 3.63) is 16.6 Å². The molecule has 9 heavy (non-hydrogen) atoms. The second kappa shape index (κ2) is 3.16. The summed E-state index contributed by atoms with van der Waals surface area (Å²) in [4.78, 5) is 10.3. The van der Waals surface area contributed by atoms with Crippen molar-refractivity contribution in [2.75, 3.05) is 5.48 Å². The number of halogens is 1. The Bertz CT molecular complexity index is 217. The zero-order valence-corrected chi connectivity index (χ0v) is 5.07. The van der Waals surface area contributed by atoms with Crippen molar-refractivity contribution in [2.24, 2.45) is 0 Å². The predicted octanol–water partition coefficient (Wildman–Crippen LogP) is 0.191. The zero-order valence-electron chi connectivity index (χ0n) is 4.25. The van der Waals surface area contributed by atoms with Crippen LogP contribution in [-0.4, -0.2) is 10.4 Å². The Morgan fingerprint density at radius 3 is 2.67 bits per heavy atom. The van der Waals surface area contributed by atoms with E-state index in [9.17, 15) is 4.79 Å². The van der Waals surface area contributed by atoms with Gasteiger partial charge in [-0.1, -0.05) is 0 Å². The number of aromatic nitrogens is 1. The summed E-state index contributed by atoms with van der Waals surface area (Å²) in [6, 6.07) is 0. The molecule has 0 atom stereocenters. The molecule has 0 aliphatic carbocycles. The SMILES string of the molecule is Cl.O=c1[nH]occ1NO. The van der Waals surface area contributed by atoms with Crippen molar-refractivity contribution in [1.82, 2.24) is 5.16 Å². The van der Waals surface area contributed by atoms with Gasteiger partial charge in [0.25, 0.3) is 0 Å². The van der Waals surface area contributed by atoms with Crippen LogP contribution in [0.5, 0.6) is 0 Å². The Labute approximate surface area is 56.0 Å². The summed E-state index contributed by atoms with van der Waals surface area (Å²) in [7, 11) is 0. The van der Waals surface area contributed by atoms with Gasteiger partial charge in [-0.25, -0.2) is 0 Å². The van der Waals surface area contributed by atoms with E-state index in [0.29, 0.717) is 0 Å². The molecule has 0 unspecified atom stereocenters. The summed E-state index contributed by atoms with van der Waals surface area (Å²) in [5.74, 6) is 0. The Hall–Kier alpha value is -0.940. The van der Waals surface area contributed by atoms with E-state index >= 15 is 0 Å². The van der Waals surface area contributed by atoms with Crippen LogP contribution in [0.4, 0.5) is 5.69 Å². The average molecular weight is 153 g/mol. The lowest BCUT2D eigenvalue weighted by molar-refractivity contribution is 0.385. The van der Waals surface area contributed by atoms with Gasteiger partial charge in [0.15, 0.2) is 12.0 Å². The van der Waals surface area contributed by atoms with Crippen LogP contribution in [0, 0.1) is 0 Å². The van der Waals surface area contributed by atoms with Crippen molar-refractivity contribution >= 4 is 18.1 Å². The molecular weight excluding hydrogens is 147 g/mol. The minimum atomic E-state index is -0.479. The maximum Gasteiger partial charge on any atom is 0.305 e. The number of hydrogen-bond acceptors (Lipinski definition) is 4. The standard InChI is InChI=1S/C3H4N2O3.ClH/c6-3-2(4-7)1-8-5-3;/h1,4,7H,(H,5,6);1H. The van der Waals surface area contributed by atoms with Gasteiger partial charge in [0.1, 0.15) is 0 Å². The quantitative estimate of drug-likeness (QED) is 0.502. The Morgan fingerprint density at radius 1 is 1.78 bits per heavy atom. The number of nitrogens with one attached hydrogen (secondary N) is 2. The van der Waals surface area contributed by atoms with Crippen LogP contribution >= 0.6 is 12.4 Å². The first-order valence-electron chi connectivity index (χ1n) is 1.91. The van der Waals surface area contributed by atoms with Gasteiger partial charge < -0.3 is 4.52 Å². The molecule has 1 rings (SSSR count). The summed E-state index contributed by atoms with van der Waals surface area (Å²) >= 11 is 0. The summed E-state index contributed by atoms with van der Waals surface area (Å²) in [5, 5.41) is 10.0. The van der Waals surface area contributed by atoms with E-state index in [-0.39, 0.29) is 18.1 Å². The first-order chi connectivity index (χ1) is 3.84. The van der Waals surface area contributed by atoms with Gasteiger partial charge in [0.05, 0.1) is 0 Å². The largest absolute Gasteiger partial charge is 0.385 e. The number of anilines is 1. The number of H-pyrrole nitrogens is 1. The highest BCUT2D eigenvalue weighted by molar-refractivity contribution is 5.85. The molecule has 0 aliphatic rings. The van der Waals surface area contributed by atoms with Crippen LogP contribution in [-0.2, 0) is 0 Å². The fourth-order valence-electron chi connectivity index (χ4n) is 0.328. The van der Waals surface area contributed by atoms with E-state index in [1.165, 1.54) is 0 Å². The summed E-state index contributed by atoms with van der Waals surface area (Å²) in [6.45, 7) is 0. The van der Waals surface area contributed by atoms with Crippen LogP contribution < -0.4 is 11.0 Å². The molecule has 1 aromatic heterocycles. The molecule has 0 amide bonds. The van der Waals surface area contributed by atoms with Crippen molar-refractivity contribution < 1.29 is 9.73 Å². The third-order valence-corrected chi connectivity index (χ3v) is 0.693. The molecular formula is C3H5ClN2O3. The predicted molar refractivity (Wildman–Crippen MR) is 32.0 cm³/mol. The Balaban J connectivity index is 0.000000640. The lowest BCUT2D eigenvalue weighted by Gasteiger charge is -1.81. The topological polar surface area (TPSA) is 78.3 Å². The fraction of sp³-hybridized carbons (Fsp3) is 0. The van der Waals surface area contributed by atoms with E-state index in [2.05, 4.69) is 4.52 Å². The number of rotatable bonds is 1.